The van der Waals surface area contributed by atoms with Gasteiger partial charge in [0.15, 0.2) is 0 Å². The van der Waals surface area contributed by atoms with Crippen molar-refractivity contribution in [1.29, 1.82) is 0 Å². The SMILES string of the molecule is [2H]c1nc(Nc2c([2H])c([2H])c(C)c(S(N)(=O)=O)c2[2H])nc(N(c2ccc3c(C([2H])([2H])[2H])n(C)nc3c2)C([2H])([2H])[2H])c1[2H]. The molecule has 4 rings (SSSR count). The van der Waals surface area contributed by atoms with Gasteiger partial charge in [0.05, 0.1) is 17.3 Å². The fourth-order valence-corrected chi connectivity index (χ4v) is 3.53. The molecule has 2 aromatic carbocycles. The first-order chi connectivity index (χ1) is 19.1. The van der Waals surface area contributed by atoms with Crippen molar-refractivity contribution < 1.29 is 23.5 Å². The van der Waals surface area contributed by atoms with Gasteiger partial charge in [0.1, 0.15) is 5.82 Å². The molecule has 0 aliphatic rings. The number of hydrogen-bond donors (Lipinski definition) is 2. The highest BCUT2D eigenvalue weighted by Gasteiger charge is 2.14. The molecule has 0 unspecified atom stereocenters. The monoisotopic (exact) mass is 448 g/mol. The van der Waals surface area contributed by atoms with Gasteiger partial charge < -0.3 is 10.2 Å². The third-order valence-electron chi connectivity index (χ3n) is 4.30. The van der Waals surface area contributed by atoms with E-state index in [2.05, 4.69) is 20.4 Å². The van der Waals surface area contributed by atoms with Crippen molar-refractivity contribution in [3.05, 3.63) is 59.8 Å². The molecule has 3 N–H and O–H groups in total. The van der Waals surface area contributed by atoms with Gasteiger partial charge in [-0.15, -0.1) is 0 Å². The first kappa shape index (κ1) is 11.2. The average Bonchev–Trinajstić information content (AvgIpc) is 3.17. The highest BCUT2D eigenvalue weighted by molar-refractivity contribution is 7.89. The quantitative estimate of drug-likeness (QED) is 0.481. The number of nitrogens with zero attached hydrogens (tertiary/aromatic N) is 5. The molecule has 0 fully saturated rings. The molecular weight excluding hydrogens is 414 g/mol. The predicted octanol–water partition coefficient (Wildman–Crippen LogP) is 3.14. The van der Waals surface area contributed by atoms with E-state index in [0.717, 1.165) is 4.68 Å². The summed E-state index contributed by atoms with van der Waals surface area (Å²) in [5.74, 6) is -1.18. The Labute approximate surface area is 196 Å². The van der Waals surface area contributed by atoms with Crippen molar-refractivity contribution in [3.8, 4) is 0 Å². The van der Waals surface area contributed by atoms with E-state index < -0.39 is 76.5 Å². The molecule has 0 saturated heterocycles. The number of hydrogen-bond acceptors (Lipinski definition) is 7. The van der Waals surface area contributed by atoms with E-state index in [9.17, 15) is 8.42 Å². The van der Waals surface area contributed by atoms with E-state index in [4.69, 9.17) is 20.2 Å². The number of benzene rings is 2. The predicted molar refractivity (Wildman–Crippen MR) is 121 cm³/mol. The Balaban J connectivity index is 1.91. The van der Waals surface area contributed by atoms with Gasteiger partial charge in [0.2, 0.25) is 16.0 Å². The summed E-state index contributed by atoms with van der Waals surface area (Å²) in [7, 11) is -3.08. The lowest BCUT2D eigenvalue weighted by molar-refractivity contribution is 0.597. The molecule has 10 heteroatoms. The second kappa shape index (κ2) is 7.64. The van der Waals surface area contributed by atoms with E-state index in [1.807, 2.05) is 0 Å². The molecule has 4 aromatic rings. The van der Waals surface area contributed by atoms with Crippen LogP contribution in [0.25, 0.3) is 10.9 Å². The van der Waals surface area contributed by atoms with Crippen LogP contribution in [-0.2, 0) is 17.1 Å². The van der Waals surface area contributed by atoms with Crippen LogP contribution in [0, 0.1) is 13.8 Å². The van der Waals surface area contributed by atoms with Gasteiger partial charge in [-0.2, -0.15) is 10.1 Å². The van der Waals surface area contributed by atoms with Crippen LogP contribution in [0.5, 0.6) is 0 Å². The normalized spacial score (nSPS) is 17.6. The zero-order valence-corrected chi connectivity index (χ0v) is 17.1. The smallest absolute Gasteiger partial charge is 0.238 e. The fourth-order valence-electron chi connectivity index (χ4n) is 2.81. The Bertz CT molecular complexity index is 1850. The van der Waals surface area contributed by atoms with Crippen LogP contribution in [0.15, 0.2) is 53.4 Å². The Morgan fingerprint density at radius 2 is 2.13 bits per heavy atom. The van der Waals surface area contributed by atoms with Crippen LogP contribution in [0.1, 0.15) is 26.3 Å². The summed E-state index contributed by atoms with van der Waals surface area (Å²) in [5, 5.41) is 12.1. The topological polar surface area (TPSA) is 119 Å². The van der Waals surface area contributed by atoms with E-state index in [0.29, 0.717) is 4.90 Å². The van der Waals surface area contributed by atoms with Crippen molar-refractivity contribution in [1.82, 2.24) is 19.7 Å². The van der Waals surface area contributed by atoms with Crippen LogP contribution in [0.4, 0.5) is 23.1 Å². The van der Waals surface area contributed by atoms with Crippen LogP contribution in [0.3, 0.4) is 0 Å². The standard InChI is InChI=1S/C21H23N7O2S/c1-13-5-6-15(11-19(13)31(22,29)30)24-21-23-10-9-20(25-21)27(3)16-7-8-17-14(2)28(4)26-18(17)12-16/h5-12H,1-4H3,(H2,22,29,30)(H,23,24,25)/i2D3,3D3,5D,6D,9D,10D,11D. The van der Waals surface area contributed by atoms with E-state index in [1.165, 1.54) is 32.2 Å². The minimum absolute atomic E-state index is 0.0734. The molecule has 0 aliphatic carbocycles. The van der Waals surface area contributed by atoms with E-state index in [1.54, 1.807) is 0 Å². The van der Waals surface area contributed by atoms with Crippen LogP contribution in [0.2, 0.25) is 0 Å². The van der Waals surface area contributed by atoms with Crippen LogP contribution >= 0.6 is 0 Å². The maximum atomic E-state index is 12.1. The number of nitrogens with two attached hydrogens (primary N) is 1. The van der Waals surface area contributed by atoms with Gasteiger partial charge in [-0.1, -0.05) is 6.04 Å². The molecule has 0 spiro atoms. The molecule has 9 nitrogen and oxygen atoms in total. The highest BCUT2D eigenvalue weighted by Crippen LogP contribution is 2.28. The summed E-state index contributed by atoms with van der Waals surface area (Å²) in [6, 6.07) is 1.26. The zero-order valence-electron chi connectivity index (χ0n) is 27.3. The van der Waals surface area contributed by atoms with E-state index >= 15 is 0 Å². The van der Waals surface area contributed by atoms with Crippen molar-refractivity contribution in [2.45, 2.75) is 18.7 Å². The Kier molecular flexibility index (Phi) is 2.76. The number of rotatable bonds is 5. The molecule has 0 amide bonds. The molecule has 0 radical (unpaired) electrons. The number of aromatic nitrogens is 4. The van der Waals surface area contributed by atoms with Crippen molar-refractivity contribution in [2.24, 2.45) is 12.2 Å². The number of sulfonamides is 1. The first-order valence-electron chi connectivity index (χ1n) is 14.2. The second-order valence-electron chi connectivity index (χ2n) is 6.49. The molecule has 2 aromatic heterocycles. The molecule has 31 heavy (non-hydrogen) atoms. The Morgan fingerprint density at radius 3 is 2.87 bits per heavy atom. The number of nitrogens with one attached hydrogen (secondary N) is 1. The minimum atomic E-state index is -4.50. The largest absolute Gasteiger partial charge is 0.329 e. The molecule has 2 heterocycles. The van der Waals surface area contributed by atoms with Gasteiger partial charge >= 0.3 is 0 Å². The molecule has 0 saturated carbocycles. The fraction of sp³-hybridized carbons (Fsp3) is 0.190. The number of anilines is 4. The molecule has 0 atom stereocenters. The molecule has 0 aliphatic heterocycles. The minimum Gasteiger partial charge on any atom is -0.329 e. The number of fused-ring (bicyclic) bond motifs is 1. The summed E-state index contributed by atoms with van der Waals surface area (Å²) < 4.78 is 114. The number of aryl methyl sites for hydroxylation is 2. The third kappa shape index (κ3) is 4.07. The lowest BCUT2D eigenvalue weighted by Crippen LogP contribution is -2.14. The van der Waals surface area contributed by atoms with Crippen LogP contribution in [-0.4, -0.2) is 35.1 Å². The van der Waals surface area contributed by atoms with Gasteiger partial charge in [0, 0.05) is 50.9 Å². The summed E-state index contributed by atoms with van der Waals surface area (Å²) in [4.78, 5) is 7.73. The van der Waals surface area contributed by atoms with Gasteiger partial charge in [-0.3, -0.25) is 4.68 Å². The van der Waals surface area contributed by atoms with Crippen molar-refractivity contribution in [2.75, 3.05) is 17.2 Å². The maximum Gasteiger partial charge on any atom is 0.238 e. The van der Waals surface area contributed by atoms with Crippen LogP contribution < -0.4 is 15.4 Å². The molecule has 0 bridgehead atoms. The highest BCUT2D eigenvalue weighted by atomic mass is 32.2. The molecular formula is C21H23N7O2S. The number of primary sulfonamides is 1. The van der Waals surface area contributed by atoms with Gasteiger partial charge in [-0.25, -0.2) is 18.5 Å². The summed E-state index contributed by atoms with van der Waals surface area (Å²) in [6.07, 6.45) is -0.761. The first-order valence-corrected chi connectivity index (χ1v) is 10.2. The third-order valence-corrected chi connectivity index (χ3v) is 5.28. The van der Waals surface area contributed by atoms with Crippen molar-refractivity contribution >= 4 is 44.1 Å². The zero-order chi connectivity index (χ0) is 31.7. The van der Waals surface area contributed by atoms with Gasteiger partial charge in [-0.05, 0) is 55.7 Å². The van der Waals surface area contributed by atoms with E-state index in [-0.39, 0.29) is 27.8 Å². The lowest BCUT2D eigenvalue weighted by Gasteiger charge is -2.19. The maximum absolute atomic E-state index is 12.1. The summed E-state index contributed by atoms with van der Waals surface area (Å²) in [6.45, 7) is -4.31. The molecule has 160 valence electrons. The van der Waals surface area contributed by atoms with Crippen molar-refractivity contribution in [3.63, 3.8) is 0 Å². The van der Waals surface area contributed by atoms with Gasteiger partial charge in [0.25, 0.3) is 0 Å². The summed E-state index contributed by atoms with van der Waals surface area (Å²) in [5.41, 5.74) is -0.808. The second-order valence-corrected chi connectivity index (χ2v) is 7.99. The Hall–Kier alpha value is -3.50. The lowest BCUT2D eigenvalue weighted by atomic mass is 10.2. The average molecular weight is 449 g/mol. The summed E-state index contributed by atoms with van der Waals surface area (Å²) >= 11 is 0. The Morgan fingerprint density at radius 1 is 1.29 bits per heavy atom.